The molecule has 0 aromatic heterocycles. The topological polar surface area (TPSA) is 70.0 Å². The normalized spacial score (nSPS) is 14.6. The number of phenols is 1. The Kier molecular flexibility index (Phi) is 2.22. The van der Waals surface area contributed by atoms with Crippen LogP contribution in [-0.2, 0) is 5.54 Å². The van der Waals surface area contributed by atoms with E-state index in [0.29, 0.717) is 0 Å². The van der Waals surface area contributed by atoms with E-state index in [2.05, 4.69) is 0 Å². The van der Waals surface area contributed by atoms with Crippen LogP contribution in [0.3, 0.4) is 0 Å². The van der Waals surface area contributed by atoms with Gasteiger partial charge < -0.3 is 10.8 Å². The van der Waals surface area contributed by atoms with Crippen molar-refractivity contribution in [3.8, 4) is 11.8 Å². The molecule has 0 unspecified atom stereocenters. The predicted octanol–water partition coefficient (Wildman–Crippen LogP) is 1.23. The molecule has 0 aliphatic carbocycles. The highest BCUT2D eigenvalue weighted by atomic mass is 19.1. The molecule has 13 heavy (non-hydrogen) atoms. The van der Waals surface area contributed by atoms with E-state index in [1.165, 1.54) is 13.0 Å². The summed E-state index contributed by atoms with van der Waals surface area (Å²) in [6.07, 6.45) is 0. The highest BCUT2D eigenvalue weighted by Crippen LogP contribution is 2.27. The van der Waals surface area contributed by atoms with Gasteiger partial charge in [-0.3, -0.25) is 0 Å². The average Bonchev–Trinajstić information content (AvgIpc) is 2.09. The van der Waals surface area contributed by atoms with E-state index < -0.39 is 11.4 Å². The molecular weight excluding hydrogens is 171 g/mol. The lowest BCUT2D eigenvalue weighted by molar-refractivity contribution is 0.450. The zero-order chi connectivity index (χ0) is 10.1. The lowest BCUT2D eigenvalue weighted by Gasteiger charge is -2.16. The second-order valence-corrected chi connectivity index (χ2v) is 2.98. The molecule has 0 bridgehead atoms. The second-order valence-electron chi connectivity index (χ2n) is 2.98. The number of halogens is 1. The maximum absolute atomic E-state index is 12.7. The Morgan fingerprint density at radius 3 is 2.77 bits per heavy atom. The molecule has 4 heteroatoms. The summed E-state index contributed by atoms with van der Waals surface area (Å²) in [5.41, 5.74) is 4.24. The quantitative estimate of drug-likeness (QED) is 0.682. The minimum atomic E-state index is -1.37. The maximum atomic E-state index is 12.7. The van der Waals surface area contributed by atoms with Crippen molar-refractivity contribution in [3.05, 3.63) is 29.6 Å². The molecule has 0 amide bonds. The molecule has 1 aromatic rings. The van der Waals surface area contributed by atoms with Gasteiger partial charge in [0.2, 0.25) is 0 Å². The summed E-state index contributed by atoms with van der Waals surface area (Å²) >= 11 is 0. The Balaban J connectivity index is 3.30. The minimum absolute atomic E-state index is 0.0926. The fourth-order valence-electron chi connectivity index (χ4n) is 0.984. The van der Waals surface area contributed by atoms with E-state index in [1.54, 1.807) is 6.07 Å². The van der Waals surface area contributed by atoms with Crippen LogP contribution in [0, 0.1) is 17.1 Å². The van der Waals surface area contributed by atoms with E-state index in [4.69, 9.17) is 11.0 Å². The smallest absolute Gasteiger partial charge is 0.130 e. The first kappa shape index (κ1) is 9.49. The number of benzene rings is 1. The fraction of sp³-hybridized carbons (Fsp3) is 0.222. The molecule has 3 nitrogen and oxygen atoms in total. The van der Waals surface area contributed by atoms with Crippen LogP contribution in [0.1, 0.15) is 12.5 Å². The molecule has 0 heterocycles. The molecule has 3 N–H and O–H groups in total. The van der Waals surface area contributed by atoms with Gasteiger partial charge in [0.25, 0.3) is 0 Å². The van der Waals surface area contributed by atoms with Gasteiger partial charge in [-0.2, -0.15) is 5.26 Å². The third-order valence-corrected chi connectivity index (χ3v) is 1.75. The number of nitriles is 1. The first-order chi connectivity index (χ1) is 5.97. The van der Waals surface area contributed by atoms with Crippen molar-refractivity contribution in [2.75, 3.05) is 0 Å². The molecule has 1 atom stereocenters. The van der Waals surface area contributed by atoms with E-state index in [-0.39, 0.29) is 11.3 Å². The molecule has 0 spiro atoms. The molecule has 0 fully saturated rings. The van der Waals surface area contributed by atoms with Crippen molar-refractivity contribution in [2.45, 2.75) is 12.5 Å². The Hall–Kier alpha value is -1.60. The zero-order valence-corrected chi connectivity index (χ0v) is 7.08. The van der Waals surface area contributed by atoms with Crippen molar-refractivity contribution in [2.24, 2.45) is 5.73 Å². The van der Waals surface area contributed by atoms with Crippen LogP contribution in [0.2, 0.25) is 0 Å². The average molecular weight is 180 g/mol. The number of nitrogens with two attached hydrogens (primary N) is 1. The summed E-state index contributed by atoms with van der Waals surface area (Å²) < 4.78 is 12.7. The lowest BCUT2D eigenvalue weighted by Crippen LogP contribution is -2.31. The molecule has 1 aromatic carbocycles. The highest BCUT2D eigenvalue weighted by molar-refractivity contribution is 5.41. The Labute approximate surface area is 75.2 Å². The van der Waals surface area contributed by atoms with Crippen LogP contribution in [-0.4, -0.2) is 5.11 Å². The lowest BCUT2D eigenvalue weighted by atomic mass is 9.94. The summed E-state index contributed by atoms with van der Waals surface area (Å²) in [5.74, 6) is -0.701. The molecule has 0 saturated heterocycles. The summed E-state index contributed by atoms with van der Waals surface area (Å²) in [4.78, 5) is 0. The molecule has 0 radical (unpaired) electrons. The number of hydrogen-bond donors (Lipinski definition) is 2. The zero-order valence-electron chi connectivity index (χ0n) is 7.08. The van der Waals surface area contributed by atoms with Gasteiger partial charge in [-0.05, 0) is 25.1 Å². The van der Waals surface area contributed by atoms with E-state index >= 15 is 0 Å². The fourth-order valence-corrected chi connectivity index (χ4v) is 0.984. The van der Waals surface area contributed by atoms with Crippen LogP contribution in [0.25, 0.3) is 0 Å². The van der Waals surface area contributed by atoms with Crippen molar-refractivity contribution in [1.29, 1.82) is 5.26 Å². The Morgan fingerprint density at radius 1 is 1.62 bits per heavy atom. The van der Waals surface area contributed by atoms with Crippen molar-refractivity contribution in [1.82, 2.24) is 0 Å². The van der Waals surface area contributed by atoms with Crippen molar-refractivity contribution >= 4 is 0 Å². The van der Waals surface area contributed by atoms with Crippen LogP contribution < -0.4 is 5.73 Å². The standard InChI is InChI=1S/C9H9FN2O/c1-9(12,5-11)7-4-6(10)2-3-8(7)13/h2-4,13H,12H2,1H3/t9-/m1/s1. The van der Waals surface area contributed by atoms with Gasteiger partial charge >= 0.3 is 0 Å². The molecule has 1 rings (SSSR count). The van der Waals surface area contributed by atoms with Crippen molar-refractivity contribution < 1.29 is 9.50 Å². The highest BCUT2D eigenvalue weighted by Gasteiger charge is 2.24. The Bertz CT molecular complexity index is 368. The van der Waals surface area contributed by atoms with Gasteiger partial charge in [-0.15, -0.1) is 0 Å². The molecule has 0 saturated carbocycles. The van der Waals surface area contributed by atoms with Gasteiger partial charge in [-0.1, -0.05) is 0 Å². The van der Waals surface area contributed by atoms with Crippen LogP contribution >= 0.6 is 0 Å². The van der Waals surface area contributed by atoms with E-state index in [0.717, 1.165) is 12.1 Å². The van der Waals surface area contributed by atoms with E-state index in [1.807, 2.05) is 0 Å². The monoisotopic (exact) mass is 180 g/mol. The van der Waals surface area contributed by atoms with Gasteiger partial charge in [0.05, 0.1) is 6.07 Å². The number of rotatable bonds is 1. The SMILES string of the molecule is C[C@@](N)(C#N)c1cc(F)ccc1O. The Morgan fingerprint density at radius 2 is 2.23 bits per heavy atom. The van der Waals surface area contributed by atoms with Crippen LogP contribution in [0.5, 0.6) is 5.75 Å². The molecule has 0 aliphatic rings. The summed E-state index contributed by atoms with van der Waals surface area (Å²) in [7, 11) is 0. The van der Waals surface area contributed by atoms with Gasteiger partial charge in [0.15, 0.2) is 0 Å². The number of nitrogens with zero attached hydrogens (tertiary/aromatic N) is 1. The molecule has 0 aliphatic heterocycles. The first-order valence-corrected chi connectivity index (χ1v) is 3.66. The second kappa shape index (κ2) is 3.04. The van der Waals surface area contributed by atoms with Crippen molar-refractivity contribution in [3.63, 3.8) is 0 Å². The third kappa shape index (κ3) is 1.76. The number of hydrogen-bond acceptors (Lipinski definition) is 3. The third-order valence-electron chi connectivity index (χ3n) is 1.75. The summed E-state index contributed by atoms with van der Waals surface area (Å²) in [6.45, 7) is 1.40. The van der Waals surface area contributed by atoms with Crippen LogP contribution in [0.4, 0.5) is 4.39 Å². The van der Waals surface area contributed by atoms with Gasteiger partial charge in [0.1, 0.15) is 17.1 Å². The summed E-state index contributed by atoms with van der Waals surface area (Å²) in [6, 6.07) is 5.11. The van der Waals surface area contributed by atoms with E-state index in [9.17, 15) is 9.50 Å². The maximum Gasteiger partial charge on any atom is 0.130 e. The first-order valence-electron chi connectivity index (χ1n) is 3.66. The predicted molar refractivity (Wildman–Crippen MR) is 45.2 cm³/mol. The van der Waals surface area contributed by atoms with Gasteiger partial charge in [-0.25, -0.2) is 4.39 Å². The van der Waals surface area contributed by atoms with Crippen LogP contribution in [0.15, 0.2) is 18.2 Å². The number of aromatic hydroxyl groups is 1. The largest absolute Gasteiger partial charge is 0.508 e. The molecule has 68 valence electrons. The minimum Gasteiger partial charge on any atom is -0.508 e. The summed E-state index contributed by atoms with van der Waals surface area (Å²) in [5, 5.41) is 18.0. The molecular formula is C9H9FN2O. The number of phenolic OH excluding ortho intramolecular Hbond substituents is 1. The van der Waals surface area contributed by atoms with Gasteiger partial charge in [0, 0.05) is 5.56 Å².